The van der Waals surface area contributed by atoms with Gasteiger partial charge in [0.15, 0.2) is 5.88 Å². The van der Waals surface area contributed by atoms with Crippen LogP contribution in [0.2, 0.25) is 0 Å². The van der Waals surface area contributed by atoms with E-state index in [0.717, 1.165) is 12.1 Å². The van der Waals surface area contributed by atoms with E-state index in [9.17, 15) is 0 Å². The van der Waals surface area contributed by atoms with E-state index < -0.39 is 0 Å². The molecule has 2 rings (SSSR count). The van der Waals surface area contributed by atoms with Gasteiger partial charge in [-0.3, -0.25) is 0 Å². The number of aromatic amines is 1. The predicted octanol–water partition coefficient (Wildman–Crippen LogP) is 2.31. The number of hydrogen-bond acceptors (Lipinski definition) is 1. The van der Waals surface area contributed by atoms with E-state index in [2.05, 4.69) is 17.1 Å². The van der Waals surface area contributed by atoms with Crippen molar-refractivity contribution >= 4 is 0 Å². The molecule has 0 fully saturated rings. The van der Waals surface area contributed by atoms with Crippen LogP contribution in [-0.2, 0) is 6.42 Å². The lowest BCUT2D eigenvalue weighted by Gasteiger charge is -1.97. The maximum absolute atomic E-state index is 9.08. The quantitative estimate of drug-likeness (QED) is 0.718. The molecule has 0 saturated heterocycles. The first kappa shape index (κ1) is 7.92. The Kier molecular flexibility index (Phi) is 2.04. The minimum Gasteiger partial charge on any atom is -0.495 e. The van der Waals surface area contributed by atoms with Crippen molar-refractivity contribution in [1.82, 2.24) is 4.98 Å². The molecule has 0 saturated carbocycles. The second-order valence-corrected chi connectivity index (χ2v) is 3.03. The van der Waals surface area contributed by atoms with Gasteiger partial charge >= 0.3 is 0 Å². The van der Waals surface area contributed by atoms with E-state index in [1.165, 1.54) is 5.56 Å². The van der Waals surface area contributed by atoms with Crippen LogP contribution in [0.4, 0.5) is 0 Å². The first-order valence-electron chi connectivity index (χ1n) is 4.25. The lowest BCUT2D eigenvalue weighted by atomic mass is 10.1. The molecule has 13 heavy (non-hydrogen) atoms. The molecule has 2 aromatic rings. The van der Waals surface area contributed by atoms with Crippen LogP contribution in [-0.4, -0.2) is 10.1 Å². The average molecular weight is 173 g/mol. The molecule has 0 unspecified atom stereocenters. The van der Waals surface area contributed by atoms with Crippen LogP contribution < -0.4 is 0 Å². The van der Waals surface area contributed by atoms with Crippen molar-refractivity contribution in [3.05, 3.63) is 53.7 Å². The Morgan fingerprint density at radius 1 is 1.00 bits per heavy atom. The van der Waals surface area contributed by atoms with Crippen molar-refractivity contribution in [2.45, 2.75) is 6.42 Å². The van der Waals surface area contributed by atoms with Gasteiger partial charge in [0.2, 0.25) is 0 Å². The molecular formula is C11H11NO. The van der Waals surface area contributed by atoms with Crippen molar-refractivity contribution in [2.24, 2.45) is 0 Å². The van der Waals surface area contributed by atoms with Gasteiger partial charge in [0.1, 0.15) is 0 Å². The van der Waals surface area contributed by atoms with Gasteiger partial charge in [0.05, 0.1) is 0 Å². The monoisotopic (exact) mass is 173 g/mol. The Bertz CT molecular complexity index is 378. The third-order valence-electron chi connectivity index (χ3n) is 1.97. The van der Waals surface area contributed by atoms with Crippen LogP contribution >= 0.6 is 0 Å². The van der Waals surface area contributed by atoms with E-state index >= 15 is 0 Å². The third-order valence-corrected chi connectivity index (χ3v) is 1.97. The number of nitrogens with one attached hydrogen (secondary N) is 1. The number of rotatable bonds is 2. The van der Waals surface area contributed by atoms with E-state index in [4.69, 9.17) is 5.11 Å². The summed E-state index contributed by atoms with van der Waals surface area (Å²) >= 11 is 0. The summed E-state index contributed by atoms with van der Waals surface area (Å²) in [7, 11) is 0. The molecule has 0 bridgehead atoms. The summed E-state index contributed by atoms with van der Waals surface area (Å²) in [6.07, 6.45) is 0.835. The highest BCUT2D eigenvalue weighted by Gasteiger charge is 1.97. The van der Waals surface area contributed by atoms with Gasteiger partial charge in [0.25, 0.3) is 0 Å². The lowest BCUT2D eigenvalue weighted by molar-refractivity contribution is 0.456. The maximum atomic E-state index is 9.08. The first-order chi connectivity index (χ1) is 6.34. The topological polar surface area (TPSA) is 36.0 Å². The van der Waals surface area contributed by atoms with Gasteiger partial charge in [0, 0.05) is 12.1 Å². The first-order valence-corrected chi connectivity index (χ1v) is 4.25. The Balaban J connectivity index is 2.15. The van der Waals surface area contributed by atoms with Gasteiger partial charge < -0.3 is 10.1 Å². The van der Waals surface area contributed by atoms with Gasteiger partial charge in [-0.15, -0.1) is 0 Å². The second-order valence-electron chi connectivity index (χ2n) is 3.03. The molecule has 0 aliphatic carbocycles. The molecule has 0 radical (unpaired) electrons. The van der Waals surface area contributed by atoms with Crippen LogP contribution in [0, 0.1) is 0 Å². The van der Waals surface area contributed by atoms with Crippen LogP contribution in [0.5, 0.6) is 5.88 Å². The summed E-state index contributed by atoms with van der Waals surface area (Å²) in [6.45, 7) is 0. The van der Waals surface area contributed by atoms with Gasteiger partial charge in [-0.25, -0.2) is 0 Å². The van der Waals surface area contributed by atoms with Crippen molar-refractivity contribution in [3.63, 3.8) is 0 Å². The molecular weight excluding hydrogens is 162 g/mol. The highest BCUT2D eigenvalue weighted by atomic mass is 16.3. The minimum absolute atomic E-state index is 0.228. The molecule has 2 nitrogen and oxygen atoms in total. The van der Waals surface area contributed by atoms with E-state index in [1.807, 2.05) is 24.3 Å². The highest BCUT2D eigenvalue weighted by molar-refractivity contribution is 5.24. The van der Waals surface area contributed by atoms with E-state index in [-0.39, 0.29) is 5.88 Å². The molecule has 1 heterocycles. The molecule has 66 valence electrons. The molecule has 0 amide bonds. The predicted molar refractivity (Wildman–Crippen MR) is 51.7 cm³/mol. The normalized spacial score (nSPS) is 10.2. The van der Waals surface area contributed by atoms with Crippen molar-refractivity contribution in [3.8, 4) is 5.88 Å². The summed E-state index contributed by atoms with van der Waals surface area (Å²) in [5.74, 6) is 0.228. The summed E-state index contributed by atoms with van der Waals surface area (Å²) < 4.78 is 0. The Hall–Kier alpha value is -1.70. The van der Waals surface area contributed by atoms with Crippen molar-refractivity contribution < 1.29 is 5.11 Å². The number of benzene rings is 1. The van der Waals surface area contributed by atoms with Crippen LogP contribution in [0.3, 0.4) is 0 Å². The van der Waals surface area contributed by atoms with Gasteiger partial charge in [-0.05, 0) is 17.7 Å². The fraction of sp³-hybridized carbons (Fsp3) is 0.0909. The standard InChI is InChI=1S/C11H11NO/c13-11-7-6-10(12-11)8-9-4-2-1-3-5-9/h1-7,12-13H,8H2. The van der Waals surface area contributed by atoms with E-state index in [0.29, 0.717) is 0 Å². The van der Waals surface area contributed by atoms with Crippen LogP contribution in [0.15, 0.2) is 42.5 Å². The van der Waals surface area contributed by atoms with Crippen LogP contribution in [0.1, 0.15) is 11.3 Å². The Labute approximate surface area is 76.9 Å². The lowest BCUT2D eigenvalue weighted by Crippen LogP contribution is -1.86. The summed E-state index contributed by atoms with van der Waals surface area (Å²) in [6, 6.07) is 13.7. The van der Waals surface area contributed by atoms with Gasteiger partial charge in [-0.2, -0.15) is 0 Å². The molecule has 0 atom stereocenters. The molecule has 0 aliphatic heterocycles. The zero-order chi connectivity index (χ0) is 9.10. The zero-order valence-electron chi connectivity index (χ0n) is 7.20. The largest absolute Gasteiger partial charge is 0.495 e. The molecule has 1 aromatic carbocycles. The SMILES string of the molecule is Oc1ccc(Cc2ccccc2)[nH]1. The fourth-order valence-electron chi connectivity index (χ4n) is 1.35. The summed E-state index contributed by atoms with van der Waals surface area (Å²) in [5.41, 5.74) is 2.27. The highest BCUT2D eigenvalue weighted by Crippen LogP contribution is 2.11. The molecule has 0 spiro atoms. The second kappa shape index (κ2) is 3.35. The maximum Gasteiger partial charge on any atom is 0.188 e. The summed E-state index contributed by atoms with van der Waals surface area (Å²) in [5, 5.41) is 9.08. The number of aromatic nitrogens is 1. The number of aromatic hydroxyl groups is 1. The number of hydrogen-bond donors (Lipinski definition) is 2. The van der Waals surface area contributed by atoms with Crippen molar-refractivity contribution in [2.75, 3.05) is 0 Å². The van der Waals surface area contributed by atoms with Crippen molar-refractivity contribution in [1.29, 1.82) is 0 Å². The minimum atomic E-state index is 0.228. The van der Waals surface area contributed by atoms with Gasteiger partial charge in [-0.1, -0.05) is 30.3 Å². The smallest absolute Gasteiger partial charge is 0.188 e. The average Bonchev–Trinajstić information content (AvgIpc) is 2.53. The Morgan fingerprint density at radius 3 is 2.38 bits per heavy atom. The molecule has 2 heteroatoms. The number of H-pyrrole nitrogens is 1. The zero-order valence-corrected chi connectivity index (χ0v) is 7.20. The third kappa shape index (κ3) is 1.90. The molecule has 1 aromatic heterocycles. The Morgan fingerprint density at radius 2 is 1.77 bits per heavy atom. The summed E-state index contributed by atoms with van der Waals surface area (Å²) in [4.78, 5) is 2.88. The molecule has 2 N–H and O–H groups in total. The molecule has 0 aliphatic rings. The fourth-order valence-corrected chi connectivity index (χ4v) is 1.35. The van der Waals surface area contributed by atoms with E-state index in [1.54, 1.807) is 6.07 Å². The van der Waals surface area contributed by atoms with Crippen LogP contribution in [0.25, 0.3) is 0 Å².